The number of rotatable bonds is 5. The molecule has 1 aliphatic heterocycles. The average Bonchev–Trinajstić information content (AvgIpc) is 3.25. The van der Waals surface area contributed by atoms with Crippen LogP contribution in [0.25, 0.3) is 0 Å². The fraction of sp³-hybridized carbons (Fsp3) is 0.421. The van der Waals surface area contributed by atoms with Gasteiger partial charge in [-0.15, -0.1) is 0 Å². The summed E-state index contributed by atoms with van der Waals surface area (Å²) in [6.45, 7) is 5.65. The SMILES string of the molecule is Cc1cccc(CCN2CCn3nc(C(O)c4ccnn4C)cc3C2)n1. The van der Waals surface area contributed by atoms with Crippen LogP contribution in [0.1, 0.15) is 34.6 Å². The van der Waals surface area contributed by atoms with E-state index in [2.05, 4.69) is 32.2 Å². The number of pyridine rings is 1. The van der Waals surface area contributed by atoms with E-state index in [-0.39, 0.29) is 0 Å². The fourth-order valence-electron chi connectivity index (χ4n) is 3.48. The fourth-order valence-corrected chi connectivity index (χ4v) is 3.48. The van der Waals surface area contributed by atoms with Crippen LogP contribution in [0.15, 0.2) is 36.5 Å². The van der Waals surface area contributed by atoms with Gasteiger partial charge in [0, 0.05) is 50.7 Å². The molecule has 1 aliphatic rings. The highest BCUT2D eigenvalue weighted by Crippen LogP contribution is 2.23. The Morgan fingerprint density at radius 1 is 1.23 bits per heavy atom. The molecule has 1 atom stereocenters. The highest BCUT2D eigenvalue weighted by molar-refractivity contribution is 5.22. The largest absolute Gasteiger partial charge is 0.380 e. The first-order chi connectivity index (χ1) is 12.6. The number of hydrogen-bond acceptors (Lipinski definition) is 5. The number of hydrogen-bond donors (Lipinski definition) is 1. The van der Waals surface area contributed by atoms with E-state index in [1.54, 1.807) is 10.9 Å². The van der Waals surface area contributed by atoms with Gasteiger partial charge in [-0.1, -0.05) is 6.07 Å². The highest BCUT2D eigenvalue weighted by Gasteiger charge is 2.23. The highest BCUT2D eigenvalue weighted by atomic mass is 16.3. The van der Waals surface area contributed by atoms with Gasteiger partial charge >= 0.3 is 0 Å². The van der Waals surface area contributed by atoms with Crippen molar-refractivity contribution in [2.75, 3.05) is 13.1 Å². The molecule has 136 valence electrons. The molecule has 0 radical (unpaired) electrons. The van der Waals surface area contributed by atoms with Gasteiger partial charge in [0.15, 0.2) is 0 Å². The van der Waals surface area contributed by atoms with Crippen LogP contribution in [0.5, 0.6) is 0 Å². The molecule has 4 heterocycles. The second-order valence-electron chi connectivity index (χ2n) is 6.86. The Hall–Kier alpha value is -2.51. The van der Waals surface area contributed by atoms with Crippen molar-refractivity contribution in [2.45, 2.75) is 32.5 Å². The average molecular weight is 352 g/mol. The first kappa shape index (κ1) is 16.9. The molecule has 0 spiro atoms. The van der Waals surface area contributed by atoms with Gasteiger partial charge in [-0.25, -0.2) is 0 Å². The molecule has 7 nitrogen and oxygen atoms in total. The van der Waals surface area contributed by atoms with E-state index in [1.807, 2.05) is 36.9 Å². The van der Waals surface area contributed by atoms with E-state index in [4.69, 9.17) is 0 Å². The molecule has 0 aromatic carbocycles. The van der Waals surface area contributed by atoms with Crippen LogP contribution < -0.4 is 0 Å². The summed E-state index contributed by atoms with van der Waals surface area (Å²) in [6, 6.07) is 10.0. The minimum atomic E-state index is -0.745. The van der Waals surface area contributed by atoms with Crippen LogP contribution in [-0.4, -0.2) is 47.6 Å². The Bertz CT molecular complexity index is 899. The monoisotopic (exact) mass is 352 g/mol. The minimum absolute atomic E-state index is 0.686. The molecule has 26 heavy (non-hydrogen) atoms. The lowest BCUT2D eigenvalue weighted by Gasteiger charge is -2.27. The van der Waals surface area contributed by atoms with E-state index in [0.717, 1.165) is 55.4 Å². The molecule has 1 N–H and O–H groups in total. The molecular formula is C19H24N6O. The van der Waals surface area contributed by atoms with Crippen LogP contribution in [0.4, 0.5) is 0 Å². The smallest absolute Gasteiger partial charge is 0.139 e. The summed E-state index contributed by atoms with van der Waals surface area (Å²) in [4.78, 5) is 7.00. The zero-order valence-electron chi connectivity index (χ0n) is 15.2. The number of fused-ring (bicyclic) bond motifs is 1. The van der Waals surface area contributed by atoms with Gasteiger partial charge < -0.3 is 5.11 Å². The Morgan fingerprint density at radius 3 is 2.88 bits per heavy atom. The molecule has 0 fully saturated rings. The van der Waals surface area contributed by atoms with Crippen LogP contribution in [0.3, 0.4) is 0 Å². The normalized spacial score (nSPS) is 15.8. The summed E-state index contributed by atoms with van der Waals surface area (Å²) in [6.07, 6.45) is 1.89. The van der Waals surface area contributed by atoms with Crippen molar-refractivity contribution in [3.05, 3.63) is 65.0 Å². The zero-order valence-corrected chi connectivity index (χ0v) is 15.2. The van der Waals surface area contributed by atoms with Gasteiger partial charge in [0.1, 0.15) is 6.10 Å². The quantitative estimate of drug-likeness (QED) is 0.753. The number of nitrogens with zero attached hydrogens (tertiary/aromatic N) is 6. The third kappa shape index (κ3) is 3.40. The number of aliphatic hydroxyl groups is 1. The molecule has 3 aromatic rings. The number of aromatic nitrogens is 5. The summed E-state index contributed by atoms with van der Waals surface area (Å²) >= 11 is 0. The molecule has 0 saturated carbocycles. The van der Waals surface area contributed by atoms with Crippen LogP contribution in [0, 0.1) is 6.92 Å². The lowest BCUT2D eigenvalue weighted by Crippen LogP contribution is -2.35. The van der Waals surface area contributed by atoms with Crippen molar-refractivity contribution in [1.29, 1.82) is 0 Å². The van der Waals surface area contributed by atoms with Gasteiger partial charge in [-0.2, -0.15) is 10.2 Å². The number of aliphatic hydroxyl groups excluding tert-OH is 1. The minimum Gasteiger partial charge on any atom is -0.380 e. The maximum atomic E-state index is 10.6. The van der Waals surface area contributed by atoms with Crippen molar-refractivity contribution in [3.8, 4) is 0 Å². The van der Waals surface area contributed by atoms with Gasteiger partial charge in [0.25, 0.3) is 0 Å². The molecule has 7 heteroatoms. The van der Waals surface area contributed by atoms with Gasteiger partial charge in [-0.05, 0) is 31.2 Å². The predicted octanol–water partition coefficient (Wildman–Crippen LogP) is 1.46. The van der Waals surface area contributed by atoms with Crippen molar-refractivity contribution in [2.24, 2.45) is 7.05 Å². The van der Waals surface area contributed by atoms with E-state index >= 15 is 0 Å². The lowest BCUT2D eigenvalue weighted by molar-refractivity contribution is 0.199. The summed E-state index contributed by atoms with van der Waals surface area (Å²) in [5.74, 6) is 0. The zero-order chi connectivity index (χ0) is 18.1. The van der Waals surface area contributed by atoms with Crippen LogP contribution in [-0.2, 0) is 26.6 Å². The topological polar surface area (TPSA) is 72.0 Å². The van der Waals surface area contributed by atoms with Gasteiger partial charge in [-0.3, -0.25) is 19.2 Å². The first-order valence-electron chi connectivity index (χ1n) is 8.97. The van der Waals surface area contributed by atoms with Crippen molar-refractivity contribution < 1.29 is 5.11 Å². The molecule has 0 saturated heterocycles. The number of aryl methyl sites for hydroxylation is 2. The Kier molecular flexibility index (Phi) is 4.57. The van der Waals surface area contributed by atoms with E-state index < -0.39 is 6.10 Å². The molecule has 0 bridgehead atoms. The summed E-state index contributed by atoms with van der Waals surface area (Å²) in [5, 5.41) is 19.3. The first-order valence-corrected chi connectivity index (χ1v) is 8.97. The second-order valence-corrected chi connectivity index (χ2v) is 6.86. The Balaban J connectivity index is 1.42. The van der Waals surface area contributed by atoms with Gasteiger partial charge in [0.2, 0.25) is 0 Å². The maximum Gasteiger partial charge on any atom is 0.139 e. The van der Waals surface area contributed by atoms with E-state index in [9.17, 15) is 5.11 Å². The third-order valence-corrected chi connectivity index (χ3v) is 4.95. The molecule has 1 unspecified atom stereocenters. The molecule has 0 aliphatic carbocycles. The van der Waals surface area contributed by atoms with Crippen LogP contribution in [0.2, 0.25) is 0 Å². The van der Waals surface area contributed by atoms with Crippen LogP contribution >= 0.6 is 0 Å². The molecular weight excluding hydrogens is 328 g/mol. The van der Waals surface area contributed by atoms with Gasteiger partial charge in [0.05, 0.1) is 23.6 Å². The van der Waals surface area contributed by atoms with E-state index in [1.165, 1.54) is 0 Å². The summed E-state index contributed by atoms with van der Waals surface area (Å²) in [5.41, 5.74) is 4.78. The van der Waals surface area contributed by atoms with Crippen molar-refractivity contribution in [3.63, 3.8) is 0 Å². The Morgan fingerprint density at radius 2 is 2.12 bits per heavy atom. The van der Waals surface area contributed by atoms with E-state index in [0.29, 0.717) is 5.69 Å². The van der Waals surface area contributed by atoms with Crippen molar-refractivity contribution in [1.82, 2.24) is 29.4 Å². The molecule has 0 amide bonds. The lowest BCUT2D eigenvalue weighted by atomic mass is 10.1. The second kappa shape index (κ2) is 7.01. The predicted molar refractivity (Wildman–Crippen MR) is 97.5 cm³/mol. The van der Waals surface area contributed by atoms with Crippen molar-refractivity contribution >= 4 is 0 Å². The third-order valence-electron chi connectivity index (χ3n) is 4.95. The molecule has 3 aromatic heterocycles. The standard InChI is InChI=1S/C19H24N6O/c1-14-4-3-5-15(21-14)7-9-24-10-11-25-16(13-24)12-17(22-25)19(26)18-6-8-20-23(18)2/h3-6,8,12,19,26H,7,9-11,13H2,1-2H3. The summed E-state index contributed by atoms with van der Waals surface area (Å²) < 4.78 is 3.69. The molecule has 4 rings (SSSR count). The Labute approximate surface area is 152 Å². The summed E-state index contributed by atoms with van der Waals surface area (Å²) in [7, 11) is 1.83. The maximum absolute atomic E-state index is 10.6.